The molecule has 1 unspecified atom stereocenters. The van der Waals surface area contributed by atoms with Crippen molar-refractivity contribution < 1.29 is 14.0 Å². The molecule has 2 saturated heterocycles. The zero-order valence-corrected chi connectivity index (χ0v) is 13.2. The van der Waals surface area contributed by atoms with Crippen LogP contribution in [0.3, 0.4) is 0 Å². The van der Waals surface area contributed by atoms with Crippen LogP contribution >= 0.6 is 0 Å². The molecule has 0 saturated carbocycles. The number of fused-ring (bicyclic) bond motifs is 1. The minimum Gasteiger partial charge on any atom is -0.493 e. The summed E-state index contributed by atoms with van der Waals surface area (Å²) in [7, 11) is 3.49. The van der Waals surface area contributed by atoms with Crippen molar-refractivity contribution in [2.75, 3.05) is 33.9 Å². The van der Waals surface area contributed by atoms with Gasteiger partial charge in [0.25, 0.3) is 0 Å². The molecule has 3 aliphatic heterocycles. The Morgan fingerprint density at radius 2 is 1.62 bits per heavy atom. The fourth-order valence-electron chi connectivity index (χ4n) is 5.32. The molecule has 21 heavy (non-hydrogen) atoms. The van der Waals surface area contributed by atoms with E-state index in [0.29, 0.717) is 0 Å². The average molecular weight is 288 g/mol. The Morgan fingerprint density at radius 1 is 0.952 bits per heavy atom. The van der Waals surface area contributed by atoms with Crippen LogP contribution in [0, 0.1) is 5.92 Å². The highest BCUT2D eigenvalue weighted by Gasteiger charge is 2.51. The number of benzene rings is 1. The minimum absolute atomic E-state index is 0.719. The van der Waals surface area contributed by atoms with Crippen LogP contribution in [-0.4, -0.2) is 38.3 Å². The Hall–Kier alpha value is -1.22. The number of methoxy groups -OCH3 is 2. The second-order valence-electron chi connectivity index (χ2n) is 7.03. The summed E-state index contributed by atoms with van der Waals surface area (Å²) < 4.78 is 12.4. The maximum atomic E-state index is 5.57. The van der Waals surface area contributed by atoms with Crippen molar-refractivity contribution in [2.45, 2.75) is 38.1 Å². The quantitative estimate of drug-likeness (QED) is 0.777. The van der Waals surface area contributed by atoms with Crippen molar-refractivity contribution in [3.8, 4) is 11.5 Å². The Bertz CT molecular complexity index is 544. The van der Waals surface area contributed by atoms with Gasteiger partial charge in [0.1, 0.15) is 6.04 Å². The molecule has 0 N–H and O–H groups in total. The fourth-order valence-corrected chi connectivity index (χ4v) is 5.32. The summed E-state index contributed by atoms with van der Waals surface area (Å²) in [6, 6.07) is 5.24. The van der Waals surface area contributed by atoms with Crippen LogP contribution in [0.25, 0.3) is 0 Å². The van der Waals surface area contributed by atoms with Gasteiger partial charge in [-0.25, -0.2) is 0 Å². The molecule has 2 fully saturated rings. The normalized spacial score (nSPS) is 33.8. The summed E-state index contributed by atoms with van der Waals surface area (Å²) in [6.45, 7) is 4.09. The van der Waals surface area contributed by atoms with Gasteiger partial charge < -0.3 is 14.0 Å². The zero-order chi connectivity index (χ0) is 14.4. The standard InChI is InChI=1S/C18H26NO2/c1-20-16-11-14-7-10-19-8-3-5-13(6-4-9-19)18(19)15(14)12-17(16)21-2/h11-13,18H,3-10H2,1-2H3/q+1. The first kappa shape index (κ1) is 13.4. The lowest BCUT2D eigenvalue weighted by molar-refractivity contribution is -0.973. The second kappa shape index (κ2) is 4.91. The largest absolute Gasteiger partial charge is 0.493 e. The number of rotatable bonds is 2. The van der Waals surface area contributed by atoms with E-state index in [1.54, 1.807) is 19.8 Å². The lowest BCUT2D eigenvalue weighted by atomic mass is 9.72. The van der Waals surface area contributed by atoms with Crippen molar-refractivity contribution in [3.05, 3.63) is 23.3 Å². The highest BCUT2D eigenvalue weighted by molar-refractivity contribution is 5.49. The van der Waals surface area contributed by atoms with Crippen molar-refractivity contribution in [1.29, 1.82) is 0 Å². The SMILES string of the molecule is COc1cc2c(cc1OC)C1C3CCC[N+]1(CCC3)CC2. The van der Waals surface area contributed by atoms with E-state index in [-0.39, 0.29) is 0 Å². The van der Waals surface area contributed by atoms with E-state index in [1.165, 1.54) is 61.8 Å². The van der Waals surface area contributed by atoms with Gasteiger partial charge >= 0.3 is 0 Å². The molecule has 3 aliphatic rings. The zero-order valence-electron chi connectivity index (χ0n) is 13.2. The van der Waals surface area contributed by atoms with Gasteiger partial charge in [0.05, 0.1) is 33.9 Å². The molecular weight excluding hydrogens is 262 g/mol. The van der Waals surface area contributed by atoms with Gasteiger partial charge in [-0.05, 0) is 43.4 Å². The van der Waals surface area contributed by atoms with Crippen LogP contribution < -0.4 is 9.47 Å². The van der Waals surface area contributed by atoms with Crippen molar-refractivity contribution in [3.63, 3.8) is 0 Å². The number of hydrogen-bond acceptors (Lipinski definition) is 2. The van der Waals surface area contributed by atoms with Crippen LogP contribution in [-0.2, 0) is 6.42 Å². The predicted octanol–water partition coefficient (Wildman–Crippen LogP) is 3.32. The van der Waals surface area contributed by atoms with E-state index in [0.717, 1.165) is 23.5 Å². The third-order valence-corrected chi connectivity index (χ3v) is 6.18. The maximum absolute atomic E-state index is 5.57. The molecule has 0 aromatic heterocycles. The van der Waals surface area contributed by atoms with Gasteiger partial charge in [-0.2, -0.15) is 0 Å². The third kappa shape index (κ3) is 1.90. The number of piperidine rings is 2. The average Bonchev–Trinajstić information content (AvgIpc) is 2.52. The molecule has 0 amide bonds. The summed E-state index contributed by atoms with van der Waals surface area (Å²) in [5, 5.41) is 0. The van der Waals surface area contributed by atoms with Crippen LogP contribution in [0.4, 0.5) is 0 Å². The number of hydrogen-bond donors (Lipinski definition) is 0. The smallest absolute Gasteiger partial charge is 0.161 e. The van der Waals surface area contributed by atoms with E-state index < -0.39 is 0 Å². The molecule has 1 aromatic carbocycles. The topological polar surface area (TPSA) is 18.5 Å². The lowest BCUT2D eigenvalue weighted by Crippen LogP contribution is -2.61. The van der Waals surface area contributed by atoms with Crippen LogP contribution in [0.5, 0.6) is 11.5 Å². The third-order valence-electron chi connectivity index (χ3n) is 6.18. The van der Waals surface area contributed by atoms with Crippen molar-refractivity contribution >= 4 is 0 Å². The maximum Gasteiger partial charge on any atom is 0.161 e. The lowest BCUT2D eigenvalue weighted by Gasteiger charge is -2.56. The predicted molar refractivity (Wildman–Crippen MR) is 82.8 cm³/mol. The summed E-state index contributed by atoms with van der Waals surface area (Å²) in [4.78, 5) is 0. The minimum atomic E-state index is 0.719. The van der Waals surface area contributed by atoms with E-state index in [9.17, 15) is 0 Å². The molecule has 0 radical (unpaired) electrons. The molecule has 0 aliphatic carbocycles. The van der Waals surface area contributed by atoms with Gasteiger partial charge in [0, 0.05) is 17.9 Å². The van der Waals surface area contributed by atoms with Crippen LogP contribution in [0.15, 0.2) is 12.1 Å². The number of quaternary nitrogens is 1. The van der Waals surface area contributed by atoms with E-state index in [1.807, 2.05) is 0 Å². The van der Waals surface area contributed by atoms with Crippen LogP contribution in [0.1, 0.15) is 42.9 Å². The first-order valence-corrected chi connectivity index (χ1v) is 8.38. The molecular formula is C18H26NO2+. The van der Waals surface area contributed by atoms with Crippen molar-refractivity contribution in [1.82, 2.24) is 0 Å². The highest BCUT2D eigenvalue weighted by Crippen LogP contribution is 2.52. The molecule has 114 valence electrons. The van der Waals surface area contributed by atoms with Gasteiger partial charge in [0.15, 0.2) is 11.5 Å². The van der Waals surface area contributed by atoms with Gasteiger partial charge in [-0.15, -0.1) is 0 Å². The molecule has 2 bridgehead atoms. The fraction of sp³-hybridized carbons (Fsp3) is 0.667. The second-order valence-corrected chi connectivity index (χ2v) is 7.03. The van der Waals surface area contributed by atoms with Crippen molar-refractivity contribution in [2.24, 2.45) is 5.92 Å². The molecule has 0 spiro atoms. The highest BCUT2D eigenvalue weighted by atomic mass is 16.5. The van der Waals surface area contributed by atoms with E-state index in [2.05, 4.69) is 12.1 Å². The molecule has 3 nitrogen and oxygen atoms in total. The molecule has 1 atom stereocenters. The van der Waals surface area contributed by atoms with Crippen LogP contribution in [0.2, 0.25) is 0 Å². The Labute approximate surface area is 127 Å². The molecule has 4 rings (SSSR count). The monoisotopic (exact) mass is 288 g/mol. The van der Waals surface area contributed by atoms with E-state index >= 15 is 0 Å². The van der Waals surface area contributed by atoms with E-state index in [4.69, 9.17) is 9.47 Å². The Morgan fingerprint density at radius 3 is 2.29 bits per heavy atom. The molecule has 3 heterocycles. The van der Waals surface area contributed by atoms with Gasteiger partial charge in [-0.1, -0.05) is 0 Å². The van der Waals surface area contributed by atoms with Gasteiger partial charge in [-0.3, -0.25) is 0 Å². The summed E-state index contributed by atoms with van der Waals surface area (Å²) in [5.74, 6) is 2.67. The summed E-state index contributed by atoms with van der Waals surface area (Å²) in [6.07, 6.45) is 6.86. The molecule has 1 aromatic rings. The first-order chi connectivity index (χ1) is 10.3. The first-order valence-electron chi connectivity index (χ1n) is 8.38. The van der Waals surface area contributed by atoms with Gasteiger partial charge in [0.2, 0.25) is 0 Å². The summed E-state index contributed by atoms with van der Waals surface area (Å²) in [5.41, 5.74) is 3.06. The Balaban J connectivity index is 1.84. The Kier molecular flexibility index (Phi) is 3.14. The number of nitrogens with zero attached hydrogens (tertiary/aromatic N) is 1. The number of ether oxygens (including phenoxy) is 2. The summed E-state index contributed by atoms with van der Waals surface area (Å²) >= 11 is 0. The molecule has 3 heteroatoms.